The first kappa shape index (κ1) is 20.0. The number of rotatable bonds is 7. The van der Waals surface area contributed by atoms with Crippen LogP contribution in [0.3, 0.4) is 0 Å². The summed E-state index contributed by atoms with van der Waals surface area (Å²) in [5.74, 6) is 0.578. The third-order valence-corrected chi connectivity index (χ3v) is 4.50. The molecule has 138 valence electrons. The molecule has 0 saturated heterocycles. The molecule has 1 amide bonds. The molecule has 0 aliphatic heterocycles. The van der Waals surface area contributed by atoms with Crippen molar-refractivity contribution in [3.8, 4) is 5.75 Å². The molecule has 2 rings (SSSR count). The average Bonchev–Trinajstić information content (AvgIpc) is 2.61. The van der Waals surface area contributed by atoms with Crippen molar-refractivity contribution < 1.29 is 9.53 Å². The zero-order chi connectivity index (χ0) is 19.1. The van der Waals surface area contributed by atoms with Crippen molar-refractivity contribution in [3.05, 3.63) is 70.3 Å². The predicted octanol–water partition coefficient (Wildman–Crippen LogP) is 4.09. The minimum atomic E-state index is -0.160. The topological polar surface area (TPSA) is 41.6 Å². The number of methoxy groups -OCH3 is 1. The number of hydrogen-bond acceptors (Lipinski definition) is 3. The molecule has 2 aromatic carbocycles. The highest BCUT2D eigenvalue weighted by molar-refractivity contribution is 6.31. The molecule has 0 bridgehead atoms. The van der Waals surface area contributed by atoms with Crippen LogP contribution in [0.2, 0.25) is 5.02 Å². The van der Waals surface area contributed by atoms with Crippen LogP contribution in [0.1, 0.15) is 22.7 Å². The van der Waals surface area contributed by atoms with Crippen LogP contribution >= 0.6 is 11.6 Å². The predicted molar refractivity (Wildman–Crippen MR) is 108 cm³/mol. The zero-order valence-corrected chi connectivity index (χ0v) is 16.4. The maximum atomic E-state index is 12.3. The van der Waals surface area contributed by atoms with Crippen molar-refractivity contribution >= 4 is 23.6 Å². The van der Waals surface area contributed by atoms with Crippen LogP contribution in [-0.4, -0.2) is 38.6 Å². The smallest absolute Gasteiger partial charge is 0.244 e. The van der Waals surface area contributed by atoms with E-state index in [4.69, 9.17) is 16.3 Å². The number of aryl methyl sites for hydroxylation is 1. The van der Waals surface area contributed by atoms with E-state index in [2.05, 4.69) is 5.32 Å². The normalized spacial score (nSPS) is 12.4. The summed E-state index contributed by atoms with van der Waals surface area (Å²) < 4.78 is 5.33. The van der Waals surface area contributed by atoms with E-state index < -0.39 is 0 Å². The number of carbonyl (C=O) groups is 1. The highest BCUT2D eigenvalue weighted by atomic mass is 35.5. The van der Waals surface area contributed by atoms with Gasteiger partial charge in [-0.1, -0.05) is 41.4 Å². The zero-order valence-electron chi connectivity index (χ0n) is 15.6. The van der Waals surface area contributed by atoms with Crippen molar-refractivity contribution in [3.63, 3.8) is 0 Å². The summed E-state index contributed by atoms with van der Waals surface area (Å²) in [6.07, 6.45) is 3.29. The number of likely N-dealkylation sites (N-methyl/N-ethyl adjacent to an activating group) is 1. The lowest BCUT2D eigenvalue weighted by Crippen LogP contribution is -2.33. The van der Waals surface area contributed by atoms with E-state index in [1.807, 2.05) is 68.4 Å². The Bertz CT molecular complexity index is 787. The van der Waals surface area contributed by atoms with Crippen molar-refractivity contribution in [2.24, 2.45) is 0 Å². The summed E-state index contributed by atoms with van der Waals surface area (Å²) in [6, 6.07) is 13.5. The van der Waals surface area contributed by atoms with E-state index in [0.717, 1.165) is 22.4 Å². The molecular formula is C21H25ClN2O2. The number of carbonyl (C=O) groups excluding carboxylic acids is 1. The molecule has 0 aromatic heterocycles. The van der Waals surface area contributed by atoms with E-state index in [-0.39, 0.29) is 11.9 Å². The Balaban J connectivity index is 2.05. The fourth-order valence-electron chi connectivity index (χ4n) is 2.72. The first-order valence-electron chi connectivity index (χ1n) is 8.43. The van der Waals surface area contributed by atoms with Gasteiger partial charge in [0.2, 0.25) is 5.91 Å². The number of benzene rings is 2. The fourth-order valence-corrected chi connectivity index (χ4v) is 2.98. The Morgan fingerprint density at radius 3 is 2.65 bits per heavy atom. The van der Waals surface area contributed by atoms with Crippen LogP contribution in [0, 0.1) is 6.92 Å². The molecular weight excluding hydrogens is 348 g/mol. The molecule has 0 aliphatic carbocycles. The summed E-state index contributed by atoms with van der Waals surface area (Å²) >= 11 is 6.30. The summed E-state index contributed by atoms with van der Waals surface area (Å²) in [5.41, 5.74) is 2.97. The quantitative estimate of drug-likeness (QED) is 0.744. The molecule has 2 aromatic rings. The van der Waals surface area contributed by atoms with Crippen LogP contribution in [0.15, 0.2) is 48.5 Å². The number of amides is 1. The molecule has 1 unspecified atom stereocenters. The Kier molecular flexibility index (Phi) is 7.25. The van der Waals surface area contributed by atoms with E-state index >= 15 is 0 Å². The summed E-state index contributed by atoms with van der Waals surface area (Å²) in [6.45, 7) is 2.47. The van der Waals surface area contributed by atoms with Gasteiger partial charge in [-0.25, -0.2) is 0 Å². The molecule has 0 radical (unpaired) electrons. The molecule has 26 heavy (non-hydrogen) atoms. The third-order valence-electron chi connectivity index (χ3n) is 4.16. The number of ether oxygens (including phenoxy) is 1. The SMILES string of the molecule is COc1ccc(C)cc1/C=C/C(=O)NCC(c1ccccc1Cl)N(C)C. The molecule has 0 heterocycles. The summed E-state index contributed by atoms with van der Waals surface area (Å²) in [5, 5.41) is 3.64. The summed E-state index contributed by atoms with van der Waals surface area (Å²) in [7, 11) is 5.55. The van der Waals surface area contributed by atoms with E-state index in [0.29, 0.717) is 11.6 Å². The molecule has 0 saturated carbocycles. The average molecular weight is 373 g/mol. The van der Waals surface area contributed by atoms with Gasteiger partial charge in [-0.3, -0.25) is 4.79 Å². The Labute approximate surface area is 160 Å². The lowest BCUT2D eigenvalue weighted by atomic mass is 10.1. The second-order valence-electron chi connectivity index (χ2n) is 6.32. The van der Waals surface area contributed by atoms with Crippen LogP contribution < -0.4 is 10.1 Å². The van der Waals surface area contributed by atoms with Gasteiger partial charge < -0.3 is 15.0 Å². The number of nitrogens with zero attached hydrogens (tertiary/aromatic N) is 1. The largest absolute Gasteiger partial charge is 0.496 e. The van der Waals surface area contributed by atoms with Gasteiger partial charge >= 0.3 is 0 Å². The monoisotopic (exact) mass is 372 g/mol. The molecule has 0 spiro atoms. The van der Waals surface area contributed by atoms with Gasteiger partial charge in [-0.05, 0) is 50.9 Å². The lowest BCUT2D eigenvalue weighted by Gasteiger charge is -2.25. The highest BCUT2D eigenvalue weighted by Crippen LogP contribution is 2.25. The third kappa shape index (κ3) is 5.35. The van der Waals surface area contributed by atoms with Gasteiger partial charge in [0.1, 0.15) is 5.75 Å². The van der Waals surface area contributed by atoms with Crippen LogP contribution in [0.4, 0.5) is 0 Å². The van der Waals surface area contributed by atoms with Gasteiger partial charge in [-0.2, -0.15) is 0 Å². The second-order valence-corrected chi connectivity index (χ2v) is 6.73. The van der Waals surface area contributed by atoms with Crippen LogP contribution in [0.25, 0.3) is 6.08 Å². The number of halogens is 1. The lowest BCUT2D eigenvalue weighted by molar-refractivity contribution is -0.116. The summed E-state index contributed by atoms with van der Waals surface area (Å²) in [4.78, 5) is 14.3. The minimum absolute atomic E-state index is 0.00504. The van der Waals surface area contributed by atoms with Crippen molar-refractivity contribution in [2.45, 2.75) is 13.0 Å². The Morgan fingerprint density at radius 1 is 1.27 bits per heavy atom. The molecule has 0 fully saturated rings. The van der Waals surface area contributed by atoms with Gasteiger partial charge in [0.25, 0.3) is 0 Å². The van der Waals surface area contributed by atoms with E-state index in [1.54, 1.807) is 13.2 Å². The Morgan fingerprint density at radius 2 is 2.00 bits per heavy atom. The van der Waals surface area contributed by atoms with E-state index in [9.17, 15) is 4.79 Å². The standard InChI is InChI=1S/C21H25ClN2O2/c1-15-9-11-20(26-4)16(13-15)10-12-21(25)23-14-19(24(2)3)17-7-5-6-8-18(17)22/h5-13,19H,14H2,1-4H3,(H,23,25)/b12-10+. The Hall–Kier alpha value is -2.30. The van der Waals surface area contributed by atoms with Crippen LogP contribution in [-0.2, 0) is 4.79 Å². The number of hydrogen-bond donors (Lipinski definition) is 1. The van der Waals surface area contributed by atoms with E-state index in [1.165, 1.54) is 6.08 Å². The van der Waals surface area contributed by atoms with Gasteiger partial charge in [0.05, 0.1) is 13.2 Å². The molecule has 4 nitrogen and oxygen atoms in total. The van der Waals surface area contributed by atoms with Gasteiger partial charge in [-0.15, -0.1) is 0 Å². The molecule has 1 atom stereocenters. The maximum absolute atomic E-state index is 12.3. The molecule has 0 aliphatic rings. The molecule has 5 heteroatoms. The van der Waals surface area contributed by atoms with Crippen LogP contribution in [0.5, 0.6) is 5.75 Å². The highest BCUT2D eigenvalue weighted by Gasteiger charge is 2.17. The maximum Gasteiger partial charge on any atom is 0.244 e. The first-order chi connectivity index (χ1) is 12.4. The fraction of sp³-hybridized carbons (Fsp3) is 0.286. The van der Waals surface area contributed by atoms with Crippen molar-refractivity contribution in [1.82, 2.24) is 10.2 Å². The molecule has 1 N–H and O–H groups in total. The van der Waals surface area contributed by atoms with Crippen molar-refractivity contribution in [1.29, 1.82) is 0 Å². The van der Waals surface area contributed by atoms with Gasteiger partial charge in [0, 0.05) is 23.2 Å². The first-order valence-corrected chi connectivity index (χ1v) is 8.81. The van der Waals surface area contributed by atoms with Crippen molar-refractivity contribution in [2.75, 3.05) is 27.7 Å². The second kappa shape index (κ2) is 9.41. The van der Waals surface area contributed by atoms with Gasteiger partial charge in [0.15, 0.2) is 0 Å². The minimum Gasteiger partial charge on any atom is -0.496 e. The number of nitrogens with one attached hydrogen (secondary N) is 1.